The largest absolute Gasteiger partial charge is 0.454 e. The maximum atomic E-state index is 5.42. The zero-order valence-electron chi connectivity index (χ0n) is 16.0. The van der Waals surface area contributed by atoms with Crippen molar-refractivity contribution in [1.82, 2.24) is 15.2 Å². The van der Waals surface area contributed by atoms with Crippen LogP contribution in [0.25, 0.3) is 0 Å². The molecule has 144 valence electrons. The van der Waals surface area contributed by atoms with Crippen LogP contribution in [-0.2, 0) is 19.4 Å². The Morgan fingerprint density at radius 2 is 1.79 bits per heavy atom. The molecule has 0 saturated heterocycles. The highest BCUT2D eigenvalue weighted by Crippen LogP contribution is 2.32. The van der Waals surface area contributed by atoms with E-state index in [1.807, 2.05) is 18.2 Å². The lowest BCUT2D eigenvalue weighted by Crippen LogP contribution is -2.07. The summed E-state index contributed by atoms with van der Waals surface area (Å²) in [6.07, 6.45) is 3.53. The number of aromatic nitrogens is 3. The van der Waals surface area contributed by atoms with Crippen LogP contribution in [0.5, 0.6) is 11.5 Å². The Morgan fingerprint density at radius 1 is 1.00 bits per heavy atom. The Labute approximate surface area is 164 Å². The normalized spacial score (nSPS) is 12.1. The fourth-order valence-electron chi connectivity index (χ4n) is 3.20. The SMILES string of the molecule is CCc1cccc(CC)c1Nc1cnnc(NCc2ccc3c(c2)OCO3)n1. The van der Waals surface area contributed by atoms with Crippen molar-refractivity contribution in [3.05, 3.63) is 59.3 Å². The van der Waals surface area contributed by atoms with Gasteiger partial charge in [-0.3, -0.25) is 0 Å². The lowest BCUT2D eigenvalue weighted by atomic mass is 10.0. The molecule has 2 heterocycles. The molecule has 7 nitrogen and oxygen atoms in total. The summed E-state index contributed by atoms with van der Waals surface area (Å²) in [7, 11) is 0. The Morgan fingerprint density at radius 3 is 2.57 bits per heavy atom. The Bertz CT molecular complexity index is 955. The highest BCUT2D eigenvalue weighted by molar-refractivity contribution is 5.65. The van der Waals surface area contributed by atoms with Crippen molar-refractivity contribution in [1.29, 1.82) is 0 Å². The van der Waals surface area contributed by atoms with E-state index in [0.717, 1.165) is 35.6 Å². The van der Waals surface area contributed by atoms with Gasteiger partial charge in [0.05, 0.1) is 6.20 Å². The van der Waals surface area contributed by atoms with Crippen molar-refractivity contribution in [2.24, 2.45) is 0 Å². The van der Waals surface area contributed by atoms with Gasteiger partial charge in [-0.25, -0.2) is 0 Å². The number of nitrogens with zero attached hydrogens (tertiary/aromatic N) is 3. The van der Waals surface area contributed by atoms with Crippen LogP contribution in [0.1, 0.15) is 30.5 Å². The van der Waals surface area contributed by atoms with Crippen molar-refractivity contribution in [3.63, 3.8) is 0 Å². The molecule has 1 aliphatic heterocycles. The third-order valence-corrected chi connectivity index (χ3v) is 4.70. The third kappa shape index (κ3) is 3.83. The van der Waals surface area contributed by atoms with E-state index in [9.17, 15) is 0 Å². The highest BCUT2D eigenvalue weighted by atomic mass is 16.7. The van der Waals surface area contributed by atoms with Gasteiger partial charge in [-0.15, -0.1) is 5.10 Å². The highest BCUT2D eigenvalue weighted by Gasteiger charge is 2.13. The van der Waals surface area contributed by atoms with E-state index in [4.69, 9.17) is 9.47 Å². The van der Waals surface area contributed by atoms with Gasteiger partial charge < -0.3 is 20.1 Å². The summed E-state index contributed by atoms with van der Waals surface area (Å²) < 4.78 is 10.8. The minimum atomic E-state index is 0.270. The molecule has 2 aromatic carbocycles. The topological polar surface area (TPSA) is 81.2 Å². The quantitative estimate of drug-likeness (QED) is 0.642. The molecule has 4 rings (SSSR count). The summed E-state index contributed by atoms with van der Waals surface area (Å²) in [4.78, 5) is 4.55. The van der Waals surface area contributed by atoms with Gasteiger partial charge in [0, 0.05) is 12.2 Å². The number of hydrogen-bond donors (Lipinski definition) is 2. The second kappa shape index (κ2) is 8.12. The fourth-order valence-corrected chi connectivity index (χ4v) is 3.20. The molecule has 0 bridgehead atoms. The van der Waals surface area contributed by atoms with Crippen molar-refractivity contribution in [2.45, 2.75) is 33.2 Å². The molecule has 0 spiro atoms. The molecular weight excluding hydrogens is 354 g/mol. The summed E-state index contributed by atoms with van der Waals surface area (Å²) in [6, 6.07) is 12.2. The lowest BCUT2D eigenvalue weighted by molar-refractivity contribution is 0.174. The molecular formula is C21H23N5O2. The van der Waals surface area contributed by atoms with Gasteiger partial charge >= 0.3 is 0 Å². The zero-order valence-corrected chi connectivity index (χ0v) is 16.0. The predicted molar refractivity (Wildman–Crippen MR) is 108 cm³/mol. The van der Waals surface area contributed by atoms with Gasteiger partial charge in [-0.1, -0.05) is 38.1 Å². The van der Waals surface area contributed by atoms with Crippen LogP contribution in [0.15, 0.2) is 42.6 Å². The number of ether oxygens (including phenoxy) is 2. The van der Waals surface area contributed by atoms with Crippen LogP contribution in [0.2, 0.25) is 0 Å². The van der Waals surface area contributed by atoms with Crippen molar-refractivity contribution >= 4 is 17.5 Å². The van der Waals surface area contributed by atoms with Gasteiger partial charge in [0.2, 0.25) is 12.7 Å². The van der Waals surface area contributed by atoms with Gasteiger partial charge in [0.15, 0.2) is 17.3 Å². The first-order valence-electron chi connectivity index (χ1n) is 9.46. The molecule has 28 heavy (non-hydrogen) atoms. The van der Waals surface area contributed by atoms with Gasteiger partial charge in [-0.2, -0.15) is 10.1 Å². The maximum Gasteiger partial charge on any atom is 0.244 e. The standard InChI is InChI=1S/C21H23N5O2/c1-3-15-6-5-7-16(4-2)20(15)24-19-12-23-26-21(25-19)22-11-14-8-9-17-18(10-14)28-13-27-17/h5-10,12H,3-4,11,13H2,1-2H3,(H2,22,24,25,26). The minimum Gasteiger partial charge on any atom is -0.454 e. The molecule has 2 N–H and O–H groups in total. The van der Waals surface area contributed by atoms with Gasteiger partial charge in [0.1, 0.15) is 0 Å². The number of anilines is 3. The third-order valence-electron chi connectivity index (χ3n) is 4.70. The van der Waals surface area contributed by atoms with E-state index in [-0.39, 0.29) is 6.79 Å². The fraction of sp³-hybridized carbons (Fsp3) is 0.286. The first-order chi connectivity index (χ1) is 13.8. The van der Waals surface area contributed by atoms with E-state index < -0.39 is 0 Å². The van der Waals surface area contributed by atoms with E-state index in [2.05, 4.69) is 57.9 Å². The number of benzene rings is 2. The molecule has 1 aliphatic rings. The van der Waals surface area contributed by atoms with E-state index in [1.165, 1.54) is 11.1 Å². The molecule has 0 unspecified atom stereocenters. The number of para-hydroxylation sites is 1. The number of rotatable bonds is 7. The van der Waals surface area contributed by atoms with Crippen LogP contribution < -0.4 is 20.1 Å². The number of fused-ring (bicyclic) bond motifs is 1. The summed E-state index contributed by atoms with van der Waals surface area (Å²) in [5.74, 6) is 2.67. The molecule has 0 fully saturated rings. The molecule has 1 aromatic heterocycles. The van der Waals surface area contributed by atoms with Gasteiger partial charge in [0.25, 0.3) is 0 Å². The summed E-state index contributed by atoms with van der Waals surface area (Å²) in [5.41, 5.74) is 4.67. The molecule has 3 aromatic rings. The van der Waals surface area contributed by atoms with Crippen LogP contribution in [0.4, 0.5) is 17.5 Å². The molecule has 0 atom stereocenters. The average molecular weight is 377 g/mol. The number of nitrogens with one attached hydrogen (secondary N) is 2. The lowest BCUT2D eigenvalue weighted by Gasteiger charge is -2.15. The monoisotopic (exact) mass is 377 g/mol. The number of aryl methyl sites for hydroxylation is 2. The summed E-state index contributed by atoms with van der Waals surface area (Å²) in [5, 5.41) is 14.8. The first kappa shape index (κ1) is 18.0. The second-order valence-corrected chi connectivity index (χ2v) is 6.49. The number of hydrogen-bond acceptors (Lipinski definition) is 7. The van der Waals surface area contributed by atoms with E-state index in [0.29, 0.717) is 18.3 Å². The Hall–Kier alpha value is -3.35. The minimum absolute atomic E-state index is 0.270. The predicted octanol–water partition coefficient (Wildman–Crippen LogP) is 4.08. The summed E-state index contributed by atoms with van der Waals surface area (Å²) in [6.45, 7) is 5.13. The van der Waals surface area contributed by atoms with Crippen molar-refractivity contribution in [3.8, 4) is 11.5 Å². The van der Waals surface area contributed by atoms with Crippen LogP contribution in [0.3, 0.4) is 0 Å². The average Bonchev–Trinajstić information content (AvgIpc) is 3.20. The first-order valence-corrected chi connectivity index (χ1v) is 9.46. The second-order valence-electron chi connectivity index (χ2n) is 6.49. The Kier molecular flexibility index (Phi) is 5.23. The van der Waals surface area contributed by atoms with E-state index >= 15 is 0 Å². The van der Waals surface area contributed by atoms with Crippen molar-refractivity contribution < 1.29 is 9.47 Å². The summed E-state index contributed by atoms with van der Waals surface area (Å²) >= 11 is 0. The van der Waals surface area contributed by atoms with Gasteiger partial charge in [-0.05, 0) is 41.7 Å². The van der Waals surface area contributed by atoms with E-state index in [1.54, 1.807) is 6.20 Å². The smallest absolute Gasteiger partial charge is 0.244 e. The van der Waals surface area contributed by atoms with Crippen molar-refractivity contribution in [2.75, 3.05) is 17.4 Å². The molecule has 7 heteroatoms. The zero-order chi connectivity index (χ0) is 19.3. The van der Waals surface area contributed by atoms with Crippen LogP contribution >= 0.6 is 0 Å². The molecule has 0 aliphatic carbocycles. The molecule has 0 radical (unpaired) electrons. The van der Waals surface area contributed by atoms with Crippen LogP contribution in [0, 0.1) is 0 Å². The molecule has 0 saturated carbocycles. The Balaban J connectivity index is 1.48. The van der Waals surface area contributed by atoms with Crippen LogP contribution in [-0.4, -0.2) is 22.0 Å². The maximum absolute atomic E-state index is 5.42. The molecule has 0 amide bonds.